The summed E-state index contributed by atoms with van der Waals surface area (Å²) in [6.07, 6.45) is -0.476. The van der Waals surface area contributed by atoms with E-state index >= 15 is 0 Å². The fourth-order valence-corrected chi connectivity index (χ4v) is 2.60. The van der Waals surface area contributed by atoms with Crippen LogP contribution in [0.1, 0.15) is 23.7 Å². The maximum atomic E-state index is 11.0. The van der Waals surface area contributed by atoms with Crippen molar-refractivity contribution in [1.29, 1.82) is 0 Å². The van der Waals surface area contributed by atoms with E-state index in [4.69, 9.17) is 9.79 Å². The molecule has 23 heavy (non-hydrogen) atoms. The second-order valence-corrected chi connectivity index (χ2v) is 6.19. The molecule has 0 aliphatic carbocycles. The van der Waals surface area contributed by atoms with Gasteiger partial charge in [0.25, 0.3) is 0 Å². The maximum absolute atomic E-state index is 11.0. The maximum Gasteiger partial charge on any atom is 0.524 e. The Kier molecular flexibility index (Phi) is 5.28. The molecule has 1 unspecified atom stereocenters. The van der Waals surface area contributed by atoms with Crippen molar-refractivity contribution in [2.24, 2.45) is 0 Å². The van der Waals surface area contributed by atoms with Gasteiger partial charge in [0.15, 0.2) is 0 Å². The van der Waals surface area contributed by atoms with Crippen LogP contribution in [0.25, 0.3) is 0 Å². The molecule has 0 saturated heterocycles. The summed E-state index contributed by atoms with van der Waals surface area (Å²) in [5.74, 6) is -0.242. The highest BCUT2D eigenvalue weighted by Gasteiger charge is 2.22. The zero-order valence-electron chi connectivity index (χ0n) is 12.0. The highest BCUT2D eigenvalue weighted by atomic mass is 31.2. The number of phenolic OH excluding ortho intramolecular Hbond substituents is 2. The SMILES string of the molecule is O=P(O)(O)Oc1ccc(O)cc1C(O)CCc1cccc(O)c1. The van der Waals surface area contributed by atoms with Gasteiger partial charge in [0.2, 0.25) is 0 Å². The first-order valence-electron chi connectivity index (χ1n) is 6.78. The van der Waals surface area contributed by atoms with Crippen molar-refractivity contribution in [2.75, 3.05) is 0 Å². The Labute approximate surface area is 132 Å². The molecule has 2 rings (SSSR count). The Morgan fingerprint density at radius 1 is 1.04 bits per heavy atom. The summed E-state index contributed by atoms with van der Waals surface area (Å²) in [7, 11) is -4.78. The molecule has 7 nitrogen and oxygen atoms in total. The van der Waals surface area contributed by atoms with E-state index in [2.05, 4.69) is 4.52 Å². The highest BCUT2D eigenvalue weighted by Crippen LogP contribution is 2.42. The van der Waals surface area contributed by atoms with Crippen LogP contribution in [0.3, 0.4) is 0 Å². The quantitative estimate of drug-likeness (QED) is 0.510. The fraction of sp³-hybridized carbons (Fsp3) is 0.200. The van der Waals surface area contributed by atoms with Gasteiger partial charge in [-0.3, -0.25) is 9.79 Å². The Morgan fingerprint density at radius 2 is 1.74 bits per heavy atom. The first kappa shape index (κ1) is 17.3. The number of hydrogen-bond acceptors (Lipinski definition) is 5. The average Bonchev–Trinajstić information content (AvgIpc) is 2.45. The van der Waals surface area contributed by atoms with E-state index in [1.54, 1.807) is 18.2 Å². The van der Waals surface area contributed by atoms with Gasteiger partial charge in [-0.1, -0.05) is 12.1 Å². The van der Waals surface area contributed by atoms with E-state index in [9.17, 15) is 19.9 Å². The summed E-state index contributed by atoms with van der Waals surface area (Å²) in [5.41, 5.74) is 0.870. The van der Waals surface area contributed by atoms with Crippen molar-refractivity contribution in [3.63, 3.8) is 0 Å². The van der Waals surface area contributed by atoms with Crippen LogP contribution in [0, 0.1) is 0 Å². The van der Waals surface area contributed by atoms with E-state index in [1.165, 1.54) is 24.3 Å². The molecule has 0 aliphatic rings. The Morgan fingerprint density at radius 3 is 2.39 bits per heavy atom. The van der Waals surface area contributed by atoms with Crippen LogP contribution in [0.15, 0.2) is 42.5 Å². The molecule has 0 saturated carbocycles. The first-order chi connectivity index (χ1) is 10.7. The van der Waals surface area contributed by atoms with Crippen LogP contribution in [0.4, 0.5) is 0 Å². The number of benzene rings is 2. The largest absolute Gasteiger partial charge is 0.524 e. The molecule has 0 bridgehead atoms. The molecule has 1 atom stereocenters. The van der Waals surface area contributed by atoms with E-state index in [-0.39, 0.29) is 29.2 Å². The summed E-state index contributed by atoms with van der Waals surface area (Å²) in [5, 5.41) is 29.2. The number of hydrogen-bond donors (Lipinski definition) is 5. The van der Waals surface area contributed by atoms with Crippen molar-refractivity contribution >= 4 is 7.82 Å². The van der Waals surface area contributed by atoms with Crippen LogP contribution in [-0.4, -0.2) is 25.1 Å². The van der Waals surface area contributed by atoms with Gasteiger partial charge in [-0.2, -0.15) is 0 Å². The number of aliphatic hydroxyl groups is 1. The smallest absolute Gasteiger partial charge is 0.508 e. The summed E-state index contributed by atoms with van der Waals surface area (Å²) in [6, 6.07) is 10.1. The number of phosphoric ester groups is 1. The molecule has 0 aromatic heterocycles. The number of rotatable bonds is 6. The van der Waals surface area contributed by atoms with Crippen molar-refractivity contribution in [1.82, 2.24) is 0 Å². The zero-order valence-corrected chi connectivity index (χ0v) is 12.9. The fourth-order valence-electron chi connectivity index (χ4n) is 2.18. The Bertz CT molecular complexity index is 726. The summed E-state index contributed by atoms with van der Waals surface area (Å²) >= 11 is 0. The topological polar surface area (TPSA) is 127 Å². The first-order valence-corrected chi connectivity index (χ1v) is 8.31. The number of aryl methyl sites for hydroxylation is 1. The number of aliphatic hydroxyl groups excluding tert-OH is 1. The van der Waals surface area contributed by atoms with Crippen LogP contribution in [0.2, 0.25) is 0 Å². The second-order valence-electron chi connectivity index (χ2n) is 5.03. The van der Waals surface area contributed by atoms with Crippen LogP contribution in [0.5, 0.6) is 17.2 Å². The van der Waals surface area contributed by atoms with Gasteiger partial charge >= 0.3 is 7.82 Å². The third-order valence-electron chi connectivity index (χ3n) is 3.19. The molecule has 2 aromatic rings. The second kappa shape index (κ2) is 7.02. The Balaban J connectivity index is 2.16. The average molecular weight is 340 g/mol. The van der Waals surface area contributed by atoms with Gasteiger partial charge in [-0.05, 0) is 48.7 Å². The minimum Gasteiger partial charge on any atom is -0.508 e. The molecule has 8 heteroatoms. The van der Waals surface area contributed by atoms with Gasteiger partial charge < -0.3 is 19.8 Å². The lowest BCUT2D eigenvalue weighted by atomic mass is 10.0. The highest BCUT2D eigenvalue weighted by molar-refractivity contribution is 7.46. The van der Waals surface area contributed by atoms with Crippen LogP contribution < -0.4 is 4.52 Å². The minimum absolute atomic E-state index is 0.0773. The molecule has 0 spiro atoms. The molecule has 0 fully saturated rings. The van der Waals surface area contributed by atoms with Crippen molar-refractivity contribution in [3.05, 3.63) is 53.6 Å². The Hall–Kier alpha value is -2.05. The van der Waals surface area contributed by atoms with Gasteiger partial charge in [0, 0.05) is 5.56 Å². The van der Waals surface area contributed by atoms with Crippen LogP contribution in [-0.2, 0) is 11.0 Å². The normalized spacial score (nSPS) is 12.8. The molecule has 5 N–H and O–H groups in total. The molecule has 0 amide bonds. The number of phosphoric acid groups is 1. The third-order valence-corrected chi connectivity index (χ3v) is 3.62. The summed E-state index contributed by atoms with van der Waals surface area (Å²) in [4.78, 5) is 17.8. The molecule has 0 aliphatic heterocycles. The van der Waals surface area contributed by atoms with Gasteiger partial charge in [0.05, 0.1) is 6.10 Å². The summed E-state index contributed by atoms with van der Waals surface area (Å²) in [6.45, 7) is 0. The lowest BCUT2D eigenvalue weighted by Crippen LogP contribution is -2.03. The van der Waals surface area contributed by atoms with E-state index in [0.29, 0.717) is 6.42 Å². The van der Waals surface area contributed by atoms with E-state index < -0.39 is 13.9 Å². The third kappa shape index (κ3) is 5.26. The van der Waals surface area contributed by atoms with Crippen molar-refractivity contribution in [2.45, 2.75) is 18.9 Å². The van der Waals surface area contributed by atoms with E-state index in [0.717, 1.165) is 5.56 Å². The molecular formula is C15H17O7P. The van der Waals surface area contributed by atoms with Crippen LogP contribution >= 0.6 is 7.82 Å². The lowest BCUT2D eigenvalue weighted by molar-refractivity contribution is 0.164. The van der Waals surface area contributed by atoms with Gasteiger partial charge in [0.1, 0.15) is 17.2 Å². The number of phenols is 2. The van der Waals surface area contributed by atoms with E-state index in [1.807, 2.05) is 0 Å². The molecule has 0 radical (unpaired) electrons. The molecule has 2 aromatic carbocycles. The predicted octanol–water partition coefficient (Wildman–Crippen LogP) is 2.24. The van der Waals surface area contributed by atoms with Gasteiger partial charge in [-0.25, -0.2) is 4.57 Å². The molecule has 124 valence electrons. The molecular weight excluding hydrogens is 323 g/mol. The zero-order chi connectivity index (χ0) is 17.0. The minimum atomic E-state index is -4.78. The summed E-state index contributed by atoms with van der Waals surface area (Å²) < 4.78 is 15.5. The van der Waals surface area contributed by atoms with Crippen molar-refractivity contribution < 1.29 is 34.2 Å². The lowest BCUT2D eigenvalue weighted by Gasteiger charge is -2.17. The standard InChI is InChI=1S/C15H17O7P/c16-11-3-1-2-10(8-11)4-6-14(18)13-9-12(17)5-7-15(13)22-23(19,20)21/h1-3,5,7-9,14,16-18H,4,6H2,(H2,19,20,21). The predicted molar refractivity (Wildman–Crippen MR) is 82.2 cm³/mol. The molecule has 0 heterocycles. The monoisotopic (exact) mass is 340 g/mol. The number of aromatic hydroxyl groups is 2. The van der Waals surface area contributed by atoms with Gasteiger partial charge in [-0.15, -0.1) is 0 Å². The van der Waals surface area contributed by atoms with Crippen molar-refractivity contribution in [3.8, 4) is 17.2 Å².